The third kappa shape index (κ3) is 6.63. The van der Waals surface area contributed by atoms with Gasteiger partial charge in [0.1, 0.15) is 5.75 Å². The van der Waals surface area contributed by atoms with Gasteiger partial charge in [0.2, 0.25) is 0 Å². The highest BCUT2D eigenvalue weighted by Crippen LogP contribution is 2.15. The molecule has 2 N–H and O–H groups in total. The Balaban J connectivity index is 2.44. The van der Waals surface area contributed by atoms with Crippen LogP contribution in [0.3, 0.4) is 0 Å². The molecule has 0 radical (unpaired) electrons. The van der Waals surface area contributed by atoms with E-state index in [1.54, 1.807) is 6.92 Å². The summed E-state index contributed by atoms with van der Waals surface area (Å²) in [6.45, 7) is 6.66. The molecule has 0 saturated carbocycles. The molecule has 0 aliphatic carbocycles. The molecule has 21 heavy (non-hydrogen) atoms. The van der Waals surface area contributed by atoms with Crippen LogP contribution in [0.2, 0.25) is 0 Å². The number of hydrogen-bond acceptors (Lipinski definition) is 3. The van der Waals surface area contributed by atoms with Gasteiger partial charge in [-0.2, -0.15) is 0 Å². The first-order valence-electron chi connectivity index (χ1n) is 7.77. The molecule has 4 heteroatoms. The summed E-state index contributed by atoms with van der Waals surface area (Å²) in [5, 5.41) is 6.06. The third-order valence-corrected chi connectivity index (χ3v) is 3.51. The number of aryl methyl sites for hydroxylation is 1. The second kappa shape index (κ2) is 9.40. The second-order valence-corrected chi connectivity index (χ2v) is 5.42. The van der Waals surface area contributed by atoms with Gasteiger partial charge >= 0.3 is 0 Å². The van der Waals surface area contributed by atoms with Crippen LogP contribution in [-0.2, 0) is 11.2 Å². The number of nitrogens with one attached hydrogen (secondary N) is 2. The van der Waals surface area contributed by atoms with Crippen molar-refractivity contribution in [3.63, 3.8) is 0 Å². The van der Waals surface area contributed by atoms with Crippen molar-refractivity contribution in [1.29, 1.82) is 0 Å². The first kappa shape index (κ1) is 17.5. The summed E-state index contributed by atoms with van der Waals surface area (Å²) in [5.41, 5.74) is 1.28. The van der Waals surface area contributed by atoms with Crippen molar-refractivity contribution in [2.75, 3.05) is 13.6 Å². The highest BCUT2D eigenvalue weighted by molar-refractivity contribution is 5.80. The molecular weight excluding hydrogens is 264 g/mol. The van der Waals surface area contributed by atoms with Gasteiger partial charge in [0.15, 0.2) is 6.10 Å². The minimum Gasteiger partial charge on any atom is -0.481 e. The Labute approximate surface area is 128 Å². The molecule has 0 fully saturated rings. The van der Waals surface area contributed by atoms with Crippen molar-refractivity contribution in [2.24, 2.45) is 0 Å². The summed E-state index contributed by atoms with van der Waals surface area (Å²) < 4.78 is 5.65. The standard InChI is InChI=1S/C17H28N2O2/c1-5-12-19-17(20)14(3)21-16-10-8-15(9-11-16)7-6-13(2)18-4/h8-11,13-14,18H,5-7,12H2,1-4H3,(H,19,20). The Bertz CT molecular complexity index is 417. The maximum absolute atomic E-state index is 11.7. The largest absolute Gasteiger partial charge is 0.481 e. The van der Waals surface area contributed by atoms with Crippen LogP contribution in [0.25, 0.3) is 0 Å². The number of amides is 1. The number of carbonyl (C=O) groups is 1. The van der Waals surface area contributed by atoms with E-state index in [-0.39, 0.29) is 5.91 Å². The lowest BCUT2D eigenvalue weighted by Crippen LogP contribution is -2.36. The van der Waals surface area contributed by atoms with E-state index < -0.39 is 6.10 Å². The van der Waals surface area contributed by atoms with Gasteiger partial charge in [-0.1, -0.05) is 19.1 Å². The van der Waals surface area contributed by atoms with Crippen molar-refractivity contribution in [2.45, 2.75) is 52.2 Å². The molecule has 1 amide bonds. The maximum Gasteiger partial charge on any atom is 0.260 e. The molecule has 1 aromatic carbocycles. The monoisotopic (exact) mass is 292 g/mol. The van der Waals surface area contributed by atoms with Gasteiger partial charge in [0.25, 0.3) is 5.91 Å². The molecule has 2 atom stereocenters. The molecule has 0 saturated heterocycles. The fourth-order valence-corrected chi connectivity index (χ4v) is 1.91. The molecule has 0 aliphatic rings. The Hall–Kier alpha value is -1.55. The summed E-state index contributed by atoms with van der Waals surface area (Å²) in [5.74, 6) is 0.670. The predicted molar refractivity (Wildman–Crippen MR) is 86.7 cm³/mol. The quantitative estimate of drug-likeness (QED) is 0.735. The van der Waals surface area contributed by atoms with Crippen LogP contribution in [0.4, 0.5) is 0 Å². The topological polar surface area (TPSA) is 50.4 Å². The predicted octanol–water partition coefficient (Wildman–Crippen LogP) is 2.52. The van der Waals surface area contributed by atoms with Gasteiger partial charge in [-0.3, -0.25) is 4.79 Å². The van der Waals surface area contributed by atoms with Crippen molar-refractivity contribution in [1.82, 2.24) is 10.6 Å². The molecule has 0 spiro atoms. The van der Waals surface area contributed by atoms with E-state index in [1.807, 2.05) is 26.1 Å². The maximum atomic E-state index is 11.7. The lowest BCUT2D eigenvalue weighted by molar-refractivity contribution is -0.127. The molecule has 0 aromatic heterocycles. The summed E-state index contributed by atoms with van der Waals surface area (Å²) >= 11 is 0. The molecule has 1 aromatic rings. The zero-order valence-electron chi connectivity index (χ0n) is 13.6. The number of ether oxygens (including phenoxy) is 1. The number of hydrogen-bond donors (Lipinski definition) is 2. The fourth-order valence-electron chi connectivity index (χ4n) is 1.91. The van der Waals surface area contributed by atoms with Crippen LogP contribution < -0.4 is 15.4 Å². The van der Waals surface area contributed by atoms with Crippen molar-refractivity contribution >= 4 is 5.91 Å². The molecule has 0 aliphatic heterocycles. The Morgan fingerprint density at radius 3 is 2.48 bits per heavy atom. The first-order valence-corrected chi connectivity index (χ1v) is 7.77. The zero-order chi connectivity index (χ0) is 15.7. The van der Waals surface area contributed by atoms with E-state index in [2.05, 4.69) is 29.7 Å². The van der Waals surface area contributed by atoms with Gasteiger partial charge < -0.3 is 15.4 Å². The highest BCUT2D eigenvalue weighted by atomic mass is 16.5. The zero-order valence-corrected chi connectivity index (χ0v) is 13.6. The summed E-state index contributed by atoms with van der Waals surface area (Å²) in [4.78, 5) is 11.7. The fraction of sp³-hybridized carbons (Fsp3) is 0.588. The normalized spacial score (nSPS) is 13.5. The van der Waals surface area contributed by atoms with Gasteiger partial charge in [0, 0.05) is 12.6 Å². The number of rotatable bonds is 9. The van der Waals surface area contributed by atoms with E-state index >= 15 is 0 Å². The lowest BCUT2D eigenvalue weighted by atomic mass is 10.1. The Morgan fingerprint density at radius 2 is 1.90 bits per heavy atom. The van der Waals surface area contributed by atoms with Crippen LogP contribution >= 0.6 is 0 Å². The van der Waals surface area contributed by atoms with E-state index in [9.17, 15) is 4.79 Å². The minimum absolute atomic E-state index is 0.0660. The SMILES string of the molecule is CCCNC(=O)C(C)Oc1ccc(CCC(C)NC)cc1. The van der Waals surface area contributed by atoms with Crippen LogP contribution in [0.15, 0.2) is 24.3 Å². The van der Waals surface area contributed by atoms with Gasteiger partial charge in [-0.25, -0.2) is 0 Å². The van der Waals surface area contributed by atoms with E-state index in [1.165, 1.54) is 5.56 Å². The minimum atomic E-state index is -0.466. The van der Waals surface area contributed by atoms with E-state index in [4.69, 9.17) is 4.74 Å². The molecule has 2 unspecified atom stereocenters. The van der Waals surface area contributed by atoms with Crippen molar-refractivity contribution in [3.8, 4) is 5.75 Å². The highest BCUT2D eigenvalue weighted by Gasteiger charge is 2.13. The summed E-state index contributed by atoms with van der Waals surface area (Å²) in [6, 6.07) is 8.51. The molecule has 0 bridgehead atoms. The number of benzene rings is 1. The third-order valence-electron chi connectivity index (χ3n) is 3.51. The van der Waals surface area contributed by atoms with E-state index in [0.717, 1.165) is 25.0 Å². The molecule has 1 rings (SSSR count). The van der Waals surface area contributed by atoms with Crippen molar-refractivity contribution < 1.29 is 9.53 Å². The first-order chi connectivity index (χ1) is 10.1. The smallest absolute Gasteiger partial charge is 0.260 e. The van der Waals surface area contributed by atoms with Crippen LogP contribution in [0.1, 0.15) is 39.2 Å². The average Bonchev–Trinajstić information content (AvgIpc) is 2.51. The Kier molecular flexibility index (Phi) is 7.83. The van der Waals surface area contributed by atoms with Crippen LogP contribution in [0, 0.1) is 0 Å². The average molecular weight is 292 g/mol. The van der Waals surface area contributed by atoms with Gasteiger partial charge in [-0.15, -0.1) is 0 Å². The lowest BCUT2D eigenvalue weighted by Gasteiger charge is -2.15. The van der Waals surface area contributed by atoms with Crippen LogP contribution in [-0.4, -0.2) is 31.6 Å². The molecule has 118 valence electrons. The van der Waals surface area contributed by atoms with Gasteiger partial charge in [0.05, 0.1) is 0 Å². The summed E-state index contributed by atoms with van der Waals surface area (Å²) in [7, 11) is 1.98. The van der Waals surface area contributed by atoms with Crippen molar-refractivity contribution in [3.05, 3.63) is 29.8 Å². The molecule has 0 heterocycles. The van der Waals surface area contributed by atoms with Crippen LogP contribution in [0.5, 0.6) is 5.75 Å². The molecular formula is C17H28N2O2. The molecule has 4 nitrogen and oxygen atoms in total. The summed E-state index contributed by atoms with van der Waals surface area (Å²) in [6.07, 6.45) is 2.60. The van der Waals surface area contributed by atoms with E-state index in [0.29, 0.717) is 12.6 Å². The van der Waals surface area contributed by atoms with Gasteiger partial charge in [-0.05, 0) is 57.9 Å². The second-order valence-electron chi connectivity index (χ2n) is 5.42. The number of carbonyl (C=O) groups excluding carboxylic acids is 1. The Morgan fingerprint density at radius 1 is 1.24 bits per heavy atom.